The monoisotopic (exact) mass is 330 g/mol. The van der Waals surface area contributed by atoms with Gasteiger partial charge in [-0.3, -0.25) is 0 Å². The number of ether oxygens (including phenoxy) is 2. The van der Waals surface area contributed by atoms with Gasteiger partial charge in [0.2, 0.25) is 6.79 Å². The minimum absolute atomic E-state index is 0.162. The lowest BCUT2D eigenvalue weighted by Gasteiger charge is -2.15. The Balaban J connectivity index is 1.46. The largest absolute Gasteiger partial charge is 0.454 e. The van der Waals surface area contributed by atoms with E-state index in [1.807, 2.05) is 25.1 Å². The Kier molecular flexibility index (Phi) is 4.84. The molecule has 24 heavy (non-hydrogen) atoms. The van der Waals surface area contributed by atoms with Gasteiger partial charge in [0.05, 0.1) is 6.04 Å². The van der Waals surface area contributed by atoms with Crippen molar-refractivity contribution in [1.29, 1.82) is 0 Å². The average Bonchev–Trinajstić information content (AvgIpc) is 3.04. The van der Waals surface area contributed by atoms with Gasteiger partial charge in [0.25, 0.3) is 0 Å². The van der Waals surface area contributed by atoms with Gasteiger partial charge in [0, 0.05) is 6.54 Å². The van der Waals surface area contributed by atoms with Crippen LogP contribution in [0.1, 0.15) is 24.1 Å². The highest BCUT2D eigenvalue weighted by molar-refractivity contribution is 5.74. The van der Waals surface area contributed by atoms with Gasteiger partial charge in [-0.1, -0.05) is 18.2 Å². The van der Waals surface area contributed by atoms with Crippen molar-refractivity contribution in [2.45, 2.75) is 19.4 Å². The molecule has 0 aromatic heterocycles. The van der Waals surface area contributed by atoms with Crippen LogP contribution in [0.15, 0.2) is 42.5 Å². The molecule has 0 saturated carbocycles. The summed E-state index contributed by atoms with van der Waals surface area (Å²) < 4.78 is 23.4. The van der Waals surface area contributed by atoms with Gasteiger partial charge in [0.15, 0.2) is 11.5 Å². The van der Waals surface area contributed by atoms with Crippen molar-refractivity contribution in [1.82, 2.24) is 10.6 Å². The lowest BCUT2D eigenvalue weighted by molar-refractivity contribution is 0.174. The minimum Gasteiger partial charge on any atom is -0.454 e. The zero-order valence-electron chi connectivity index (χ0n) is 13.3. The average molecular weight is 330 g/mol. The molecule has 1 heterocycles. The molecule has 2 aromatic carbocycles. The van der Waals surface area contributed by atoms with Gasteiger partial charge in [0.1, 0.15) is 5.82 Å². The number of hydrogen-bond donors (Lipinski definition) is 2. The Labute approximate surface area is 139 Å². The molecule has 0 saturated heterocycles. The maximum atomic E-state index is 12.8. The van der Waals surface area contributed by atoms with Crippen molar-refractivity contribution in [2.24, 2.45) is 0 Å². The molecule has 2 aromatic rings. The van der Waals surface area contributed by atoms with Crippen molar-refractivity contribution in [3.63, 3.8) is 0 Å². The van der Waals surface area contributed by atoms with E-state index in [-0.39, 0.29) is 24.7 Å². The number of amides is 2. The van der Waals surface area contributed by atoms with E-state index in [0.717, 1.165) is 16.9 Å². The second-order valence-corrected chi connectivity index (χ2v) is 5.61. The topological polar surface area (TPSA) is 59.6 Å². The first kappa shape index (κ1) is 16.1. The molecule has 0 bridgehead atoms. The highest BCUT2D eigenvalue weighted by atomic mass is 19.1. The van der Waals surface area contributed by atoms with Crippen molar-refractivity contribution >= 4 is 6.03 Å². The summed E-state index contributed by atoms with van der Waals surface area (Å²) in [7, 11) is 0. The number of nitrogens with one attached hydrogen (secondary N) is 2. The molecule has 2 amide bonds. The molecule has 1 aliphatic rings. The molecule has 1 aliphatic heterocycles. The third-order valence-corrected chi connectivity index (χ3v) is 3.86. The molecule has 2 N–H and O–H groups in total. The van der Waals surface area contributed by atoms with E-state index in [0.29, 0.717) is 18.7 Å². The molecule has 6 heteroatoms. The van der Waals surface area contributed by atoms with Gasteiger partial charge < -0.3 is 20.1 Å². The first-order valence-corrected chi connectivity index (χ1v) is 7.80. The van der Waals surface area contributed by atoms with Crippen molar-refractivity contribution < 1.29 is 18.7 Å². The molecule has 126 valence electrons. The highest BCUT2D eigenvalue weighted by Crippen LogP contribution is 2.34. The van der Waals surface area contributed by atoms with Gasteiger partial charge in [-0.2, -0.15) is 0 Å². The third kappa shape index (κ3) is 3.95. The predicted molar refractivity (Wildman–Crippen MR) is 87.6 cm³/mol. The summed E-state index contributed by atoms with van der Waals surface area (Å²) in [5.41, 5.74) is 1.91. The maximum absolute atomic E-state index is 12.8. The molecular formula is C18H19FN2O3. The number of benzene rings is 2. The van der Waals surface area contributed by atoms with Crippen LogP contribution >= 0.6 is 0 Å². The third-order valence-electron chi connectivity index (χ3n) is 3.86. The minimum atomic E-state index is -0.262. The van der Waals surface area contributed by atoms with Gasteiger partial charge in [-0.25, -0.2) is 9.18 Å². The maximum Gasteiger partial charge on any atom is 0.315 e. The molecule has 5 nitrogen and oxygen atoms in total. The van der Waals surface area contributed by atoms with E-state index in [4.69, 9.17) is 9.47 Å². The van der Waals surface area contributed by atoms with Crippen LogP contribution in [0.25, 0.3) is 0 Å². The molecule has 3 rings (SSSR count). The van der Waals surface area contributed by atoms with E-state index < -0.39 is 0 Å². The fourth-order valence-corrected chi connectivity index (χ4v) is 2.48. The molecule has 1 unspecified atom stereocenters. The van der Waals surface area contributed by atoms with Crippen LogP contribution < -0.4 is 20.1 Å². The number of rotatable bonds is 5. The summed E-state index contributed by atoms with van der Waals surface area (Å²) in [5, 5.41) is 5.68. The van der Waals surface area contributed by atoms with E-state index in [9.17, 15) is 9.18 Å². The molecule has 0 spiro atoms. The van der Waals surface area contributed by atoms with Crippen LogP contribution in [-0.2, 0) is 6.42 Å². The Morgan fingerprint density at radius 2 is 1.92 bits per heavy atom. The van der Waals surface area contributed by atoms with Crippen LogP contribution in [-0.4, -0.2) is 19.4 Å². The Bertz CT molecular complexity index is 719. The molecule has 0 aliphatic carbocycles. The van der Waals surface area contributed by atoms with Crippen molar-refractivity contribution in [2.75, 3.05) is 13.3 Å². The van der Waals surface area contributed by atoms with Crippen LogP contribution in [0.5, 0.6) is 11.5 Å². The first-order valence-electron chi connectivity index (χ1n) is 7.80. The van der Waals surface area contributed by atoms with E-state index >= 15 is 0 Å². The molecular weight excluding hydrogens is 311 g/mol. The van der Waals surface area contributed by atoms with Gasteiger partial charge in [-0.05, 0) is 48.7 Å². The zero-order valence-corrected chi connectivity index (χ0v) is 13.3. The normalized spacial score (nSPS) is 13.4. The Hall–Kier alpha value is -2.76. The van der Waals surface area contributed by atoms with Crippen LogP contribution in [0, 0.1) is 5.82 Å². The highest BCUT2D eigenvalue weighted by Gasteiger charge is 2.16. The van der Waals surface area contributed by atoms with Crippen LogP contribution in [0.2, 0.25) is 0 Å². The number of carbonyl (C=O) groups is 1. The summed E-state index contributed by atoms with van der Waals surface area (Å²) in [6.07, 6.45) is 0.645. The summed E-state index contributed by atoms with van der Waals surface area (Å²) in [6.45, 7) is 2.60. The Morgan fingerprint density at radius 1 is 1.17 bits per heavy atom. The number of fused-ring (bicyclic) bond motifs is 1. The predicted octanol–water partition coefficient (Wildman–Crippen LogP) is 3.16. The zero-order chi connectivity index (χ0) is 16.9. The SMILES string of the molecule is CC(NC(=O)NCCc1ccc(F)cc1)c1ccc2c(c1)OCO2. The van der Waals surface area contributed by atoms with E-state index in [2.05, 4.69) is 10.6 Å². The number of halogens is 1. The molecule has 0 fully saturated rings. The number of hydrogen-bond acceptors (Lipinski definition) is 3. The fourth-order valence-electron chi connectivity index (χ4n) is 2.48. The smallest absolute Gasteiger partial charge is 0.315 e. The summed E-state index contributed by atoms with van der Waals surface area (Å²) >= 11 is 0. The molecule has 1 atom stereocenters. The number of urea groups is 1. The lowest BCUT2D eigenvalue weighted by Crippen LogP contribution is -2.38. The number of carbonyl (C=O) groups excluding carboxylic acids is 1. The van der Waals surface area contributed by atoms with Crippen molar-refractivity contribution in [3.8, 4) is 11.5 Å². The second-order valence-electron chi connectivity index (χ2n) is 5.61. The van der Waals surface area contributed by atoms with E-state index in [1.54, 1.807) is 12.1 Å². The first-order chi connectivity index (χ1) is 11.6. The quantitative estimate of drug-likeness (QED) is 0.885. The van der Waals surface area contributed by atoms with E-state index in [1.165, 1.54) is 12.1 Å². The van der Waals surface area contributed by atoms with Crippen LogP contribution in [0.3, 0.4) is 0 Å². The van der Waals surface area contributed by atoms with Crippen LogP contribution in [0.4, 0.5) is 9.18 Å². The molecule has 0 radical (unpaired) electrons. The second kappa shape index (κ2) is 7.21. The van der Waals surface area contributed by atoms with Gasteiger partial charge >= 0.3 is 6.03 Å². The lowest BCUT2D eigenvalue weighted by atomic mass is 10.1. The Morgan fingerprint density at radius 3 is 2.71 bits per heavy atom. The van der Waals surface area contributed by atoms with Gasteiger partial charge in [-0.15, -0.1) is 0 Å². The van der Waals surface area contributed by atoms with Crippen molar-refractivity contribution in [3.05, 3.63) is 59.4 Å². The summed E-state index contributed by atoms with van der Waals surface area (Å²) in [5.74, 6) is 1.15. The summed E-state index contributed by atoms with van der Waals surface area (Å²) in [4.78, 5) is 12.0. The fraction of sp³-hybridized carbons (Fsp3) is 0.278. The standard InChI is InChI=1S/C18H19FN2O3/c1-12(14-4-7-16-17(10-14)24-11-23-16)21-18(22)20-9-8-13-2-5-15(19)6-3-13/h2-7,10,12H,8-9,11H2,1H3,(H2,20,21,22). The summed E-state index contributed by atoms with van der Waals surface area (Å²) in [6, 6.07) is 11.4.